The van der Waals surface area contributed by atoms with Gasteiger partial charge in [-0.3, -0.25) is 4.98 Å². The van der Waals surface area contributed by atoms with Crippen molar-refractivity contribution in [2.45, 2.75) is 26.1 Å². The minimum absolute atomic E-state index is 0.0508. The molecule has 2 aromatic carbocycles. The van der Waals surface area contributed by atoms with Gasteiger partial charge in [0.15, 0.2) is 0 Å². The van der Waals surface area contributed by atoms with Gasteiger partial charge in [0.2, 0.25) is 5.65 Å². The second kappa shape index (κ2) is 10.3. The molecule has 0 aliphatic heterocycles. The second-order valence-electron chi connectivity index (χ2n) is 9.32. The smallest absolute Gasteiger partial charge is 0.319 e. The third-order valence-corrected chi connectivity index (χ3v) is 6.35. The van der Waals surface area contributed by atoms with Crippen LogP contribution >= 0.6 is 0 Å². The Labute approximate surface area is 222 Å². The van der Waals surface area contributed by atoms with Crippen LogP contribution in [0.1, 0.15) is 23.0 Å². The molecule has 0 radical (unpaired) electrons. The lowest BCUT2D eigenvalue weighted by Gasteiger charge is -2.16. The largest absolute Gasteiger partial charge is 0.428 e. The SMILES string of the molecule is Cc1cc(-c2c(-c3ccccc3)nc(N)[n+]3c(=O)n(C(CNCC(F)(F)F)c4ccccc4)[nH]c23)cc(C)n1. The first-order valence-corrected chi connectivity index (χ1v) is 12.3. The van der Waals surface area contributed by atoms with E-state index in [4.69, 9.17) is 5.73 Å². The van der Waals surface area contributed by atoms with Gasteiger partial charge >= 0.3 is 17.8 Å². The van der Waals surface area contributed by atoms with Crippen molar-refractivity contribution in [3.63, 3.8) is 0 Å². The number of pyridine rings is 1. The number of benzene rings is 2. The Morgan fingerprint density at radius 1 is 0.974 bits per heavy atom. The fourth-order valence-corrected chi connectivity index (χ4v) is 4.78. The number of H-pyrrole nitrogens is 1. The van der Waals surface area contributed by atoms with Gasteiger partial charge < -0.3 is 11.1 Å². The van der Waals surface area contributed by atoms with Gasteiger partial charge in [0, 0.05) is 23.5 Å². The van der Waals surface area contributed by atoms with Crippen LogP contribution in [0, 0.1) is 13.8 Å². The van der Waals surface area contributed by atoms with Gasteiger partial charge in [0.25, 0.3) is 0 Å². The summed E-state index contributed by atoms with van der Waals surface area (Å²) in [6.07, 6.45) is -4.40. The number of nitrogens with one attached hydrogen (secondary N) is 2. The predicted molar refractivity (Wildman–Crippen MR) is 142 cm³/mol. The van der Waals surface area contributed by atoms with E-state index < -0.39 is 24.5 Å². The number of anilines is 1. The standard InChI is InChI=1S/C28H26F3N7O/c1-17-13-21(14-18(2)34-17)23-24(20-11-7-4-8-12-20)35-26(32)37-25(23)36-38(27(37)39)22(15-33-16-28(29,30)31)19-9-5-3-6-10-19/h3-14,22,33H,15-16H2,1-2H3,(H2,32,34,35,36)/p+1. The van der Waals surface area contributed by atoms with E-state index in [-0.39, 0.29) is 12.5 Å². The van der Waals surface area contributed by atoms with E-state index >= 15 is 0 Å². The number of aryl methyl sites for hydroxylation is 2. The van der Waals surface area contributed by atoms with Gasteiger partial charge in [-0.25, -0.2) is 9.89 Å². The molecule has 8 nitrogen and oxygen atoms in total. The number of aromatic nitrogens is 5. The van der Waals surface area contributed by atoms with E-state index in [9.17, 15) is 18.0 Å². The highest BCUT2D eigenvalue weighted by atomic mass is 19.4. The monoisotopic (exact) mass is 534 g/mol. The molecule has 0 amide bonds. The van der Waals surface area contributed by atoms with E-state index in [1.54, 1.807) is 30.3 Å². The number of alkyl halides is 3. The molecular weight excluding hydrogens is 507 g/mol. The van der Waals surface area contributed by atoms with Crippen LogP contribution in [0.3, 0.4) is 0 Å². The number of hydrogen-bond acceptors (Lipinski definition) is 5. The van der Waals surface area contributed by atoms with Gasteiger partial charge in [-0.2, -0.15) is 17.9 Å². The first-order chi connectivity index (χ1) is 18.6. The highest BCUT2D eigenvalue weighted by Crippen LogP contribution is 2.33. The quantitative estimate of drug-likeness (QED) is 0.274. The fraction of sp³-hybridized carbons (Fsp3) is 0.214. The first kappa shape index (κ1) is 26.1. The van der Waals surface area contributed by atoms with Crippen molar-refractivity contribution >= 4 is 11.6 Å². The maximum atomic E-state index is 13.8. The molecule has 0 aliphatic rings. The molecule has 1 unspecified atom stereocenters. The topological polar surface area (TPSA) is 106 Å². The summed E-state index contributed by atoms with van der Waals surface area (Å²) >= 11 is 0. The van der Waals surface area contributed by atoms with Crippen LogP contribution in [0.15, 0.2) is 77.6 Å². The maximum Gasteiger partial charge on any atom is 0.428 e. The Bertz CT molecular complexity index is 1660. The van der Waals surface area contributed by atoms with Crippen molar-refractivity contribution in [2.24, 2.45) is 0 Å². The average Bonchev–Trinajstić information content (AvgIpc) is 3.23. The van der Waals surface area contributed by atoms with Crippen molar-refractivity contribution in [1.29, 1.82) is 0 Å². The Balaban J connectivity index is 1.78. The van der Waals surface area contributed by atoms with Crippen molar-refractivity contribution in [3.05, 3.63) is 100 Å². The van der Waals surface area contributed by atoms with Crippen molar-refractivity contribution in [3.8, 4) is 22.4 Å². The predicted octanol–water partition coefficient (Wildman–Crippen LogP) is 3.98. The molecule has 39 heavy (non-hydrogen) atoms. The van der Waals surface area contributed by atoms with Crippen LogP contribution in [0.5, 0.6) is 0 Å². The zero-order valence-electron chi connectivity index (χ0n) is 21.3. The van der Waals surface area contributed by atoms with E-state index in [2.05, 4.69) is 20.4 Å². The normalized spacial score (nSPS) is 12.6. The third-order valence-electron chi connectivity index (χ3n) is 6.35. The summed E-state index contributed by atoms with van der Waals surface area (Å²) in [5.74, 6) is -0.0508. The third kappa shape index (κ3) is 5.39. The highest BCUT2D eigenvalue weighted by Gasteiger charge is 2.31. The Kier molecular flexibility index (Phi) is 6.92. The number of nitrogens with two attached hydrogens (primary N) is 1. The van der Waals surface area contributed by atoms with Gasteiger partial charge in [-0.1, -0.05) is 60.7 Å². The molecule has 4 N–H and O–H groups in total. The molecule has 5 aromatic rings. The number of hydrogen-bond donors (Lipinski definition) is 3. The molecular formula is C28H27F3N7O+. The number of halogens is 3. The van der Waals surface area contributed by atoms with E-state index in [1.165, 1.54) is 9.08 Å². The molecule has 1 atom stereocenters. The van der Waals surface area contributed by atoms with Crippen LogP contribution in [0.4, 0.5) is 19.1 Å². The van der Waals surface area contributed by atoms with Crippen molar-refractivity contribution < 1.29 is 17.6 Å². The molecule has 200 valence electrons. The van der Waals surface area contributed by atoms with E-state index in [0.717, 1.165) is 22.5 Å². The van der Waals surface area contributed by atoms with Crippen molar-refractivity contribution in [2.75, 3.05) is 18.8 Å². The molecule has 3 aromatic heterocycles. The Hall–Kier alpha value is -4.51. The number of rotatable bonds is 7. The van der Waals surface area contributed by atoms with Gasteiger partial charge in [0.05, 0.1) is 12.1 Å². The van der Waals surface area contributed by atoms with Gasteiger partial charge in [0.1, 0.15) is 11.7 Å². The molecule has 0 saturated carbocycles. The number of nitrogens with zero attached hydrogens (tertiary/aromatic N) is 4. The van der Waals surface area contributed by atoms with E-state index in [0.29, 0.717) is 22.5 Å². The summed E-state index contributed by atoms with van der Waals surface area (Å²) in [5.41, 5.74) is 11.1. The molecule has 0 fully saturated rings. The second-order valence-corrected chi connectivity index (χ2v) is 9.32. The van der Waals surface area contributed by atoms with E-state index in [1.807, 2.05) is 56.3 Å². The lowest BCUT2D eigenvalue weighted by Crippen LogP contribution is -2.46. The van der Waals surface area contributed by atoms with Gasteiger partial charge in [-0.05, 0) is 37.1 Å². The van der Waals surface area contributed by atoms with Crippen LogP contribution in [0.25, 0.3) is 28.0 Å². The number of nitrogen functional groups attached to an aromatic ring is 1. The summed E-state index contributed by atoms with van der Waals surface area (Å²) in [5, 5.41) is 5.61. The molecule has 0 aliphatic carbocycles. The summed E-state index contributed by atoms with van der Waals surface area (Å²) < 4.78 is 41.4. The number of aromatic amines is 1. The highest BCUT2D eigenvalue weighted by molar-refractivity contribution is 5.88. The Morgan fingerprint density at radius 3 is 2.21 bits per heavy atom. The first-order valence-electron chi connectivity index (χ1n) is 12.3. The molecule has 3 heterocycles. The fourth-order valence-electron chi connectivity index (χ4n) is 4.78. The molecule has 0 saturated heterocycles. The van der Waals surface area contributed by atoms with Crippen LogP contribution < -0.4 is 21.1 Å². The summed E-state index contributed by atoms with van der Waals surface area (Å²) in [6.45, 7) is 2.40. The number of fused-ring (bicyclic) bond motifs is 1. The summed E-state index contributed by atoms with van der Waals surface area (Å²) in [6, 6.07) is 21.3. The van der Waals surface area contributed by atoms with Gasteiger partial charge in [-0.15, -0.1) is 9.38 Å². The minimum atomic E-state index is -4.40. The van der Waals surface area contributed by atoms with Crippen LogP contribution in [0.2, 0.25) is 0 Å². The van der Waals surface area contributed by atoms with Crippen LogP contribution in [-0.2, 0) is 0 Å². The zero-order chi connectivity index (χ0) is 27.7. The molecule has 0 bridgehead atoms. The maximum absolute atomic E-state index is 13.8. The lowest BCUT2D eigenvalue weighted by molar-refractivity contribution is -0.516. The lowest BCUT2D eigenvalue weighted by atomic mass is 9.99. The Morgan fingerprint density at radius 2 is 1.59 bits per heavy atom. The minimum Gasteiger partial charge on any atom is -0.319 e. The average molecular weight is 535 g/mol. The molecule has 11 heteroatoms. The summed E-state index contributed by atoms with van der Waals surface area (Å²) in [4.78, 5) is 22.9. The van der Waals surface area contributed by atoms with Crippen LogP contribution in [-0.4, -0.2) is 39.0 Å². The molecule has 5 rings (SSSR count). The molecule has 0 spiro atoms. The van der Waals surface area contributed by atoms with Crippen molar-refractivity contribution in [1.82, 2.24) is 25.1 Å². The summed E-state index contributed by atoms with van der Waals surface area (Å²) in [7, 11) is 0. The zero-order valence-corrected chi connectivity index (χ0v) is 21.3.